The molecule has 84 valence electrons. The monoisotopic (exact) mass is 225 g/mol. The Morgan fingerprint density at radius 3 is 2.67 bits per heavy atom. The van der Waals surface area contributed by atoms with E-state index < -0.39 is 0 Å². The van der Waals surface area contributed by atoms with E-state index in [1.54, 1.807) is 0 Å². The molecule has 0 bridgehead atoms. The molecule has 1 rings (SSSR count). The molecule has 0 fully saturated rings. The minimum Gasteiger partial charge on any atom is -0.308 e. The molecule has 0 saturated carbocycles. The van der Waals surface area contributed by atoms with Gasteiger partial charge in [-0.05, 0) is 38.0 Å². The second kappa shape index (κ2) is 6.14. The summed E-state index contributed by atoms with van der Waals surface area (Å²) >= 11 is 5.96. The van der Waals surface area contributed by atoms with E-state index >= 15 is 0 Å². The summed E-state index contributed by atoms with van der Waals surface area (Å²) in [6, 6.07) is 8.97. The van der Waals surface area contributed by atoms with Crippen molar-refractivity contribution in [1.82, 2.24) is 5.32 Å². The smallest absolute Gasteiger partial charge is 0.0409 e. The summed E-state index contributed by atoms with van der Waals surface area (Å²) in [6.45, 7) is 6.62. The zero-order valence-electron chi connectivity index (χ0n) is 9.76. The maximum Gasteiger partial charge on any atom is 0.0409 e. The van der Waals surface area contributed by atoms with E-state index in [1.807, 2.05) is 18.2 Å². The predicted octanol–water partition coefficient (Wildman–Crippen LogP) is 4.18. The first-order valence-corrected chi connectivity index (χ1v) is 6.02. The van der Waals surface area contributed by atoms with Gasteiger partial charge in [-0.3, -0.25) is 0 Å². The molecule has 1 aromatic carbocycles. The number of benzene rings is 1. The summed E-state index contributed by atoms with van der Waals surface area (Å²) in [5.74, 6) is 0. The first-order chi connectivity index (χ1) is 7.13. The van der Waals surface area contributed by atoms with Gasteiger partial charge in [-0.1, -0.05) is 37.1 Å². The number of rotatable bonds is 5. The van der Waals surface area contributed by atoms with Crippen LogP contribution in [0, 0.1) is 0 Å². The molecular formula is C13H20ClN. The molecule has 1 N–H and O–H groups in total. The molecule has 0 amide bonds. The molecule has 0 radical (unpaired) electrons. The first-order valence-electron chi connectivity index (χ1n) is 5.65. The van der Waals surface area contributed by atoms with E-state index in [0.717, 1.165) is 5.02 Å². The molecular weight excluding hydrogens is 206 g/mol. The van der Waals surface area contributed by atoms with Crippen molar-refractivity contribution in [3.63, 3.8) is 0 Å². The second-order valence-electron chi connectivity index (χ2n) is 4.13. The molecule has 0 aliphatic carbocycles. The molecule has 0 spiro atoms. The molecule has 1 nitrogen and oxygen atoms in total. The summed E-state index contributed by atoms with van der Waals surface area (Å²) in [4.78, 5) is 0. The van der Waals surface area contributed by atoms with E-state index in [4.69, 9.17) is 11.6 Å². The molecule has 15 heavy (non-hydrogen) atoms. The topological polar surface area (TPSA) is 12.0 Å². The van der Waals surface area contributed by atoms with Gasteiger partial charge in [0.2, 0.25) is 0 Å². The molecule has 1 unspecified atom stereocenters. The third-order valence-corrected chi connectivity index (χ3v) is 2.84. The minimum atomic E-state index is 0.366. The van der Waals surface area contributed by atoms with Crippen LogP contribution in [0.25, 0.3) is 0 Å². The summed E-state index contributed by atoms with van der Waals surface area (Å²) in [5.41, 5.74) is 1.26. The fourth-order valence-electron chi connectivity index (χ4n) is 1.82. The standard InChI is InChI=1S/C13H20ClN/c1-4-6-10(2)15-11(3)12-7-5-8-13(14)9-12/h5,7-11,15H,4,6H2,1-3H3/t10?,11-/m1/s1. The molecule has 0 heterocycles. The normalized spacial score (nSPS) is 14.9. The number of halogens is 1. The van der Waals surface area contributed by atoms with Crippen LogP contribution >= 0.6 is 11.6 Å². The number of hydrogen-bond acceptors (Lipinski definition) is 1. The van der Waals surface area contributed by atoms with Gasteiger partial charge in [-0.25, -0.2) is 0 Å². The molecule has 0 aromatic heterocycles. The molecule has 0 aliphatic heterocycles. The van der Waals surface area contributed by atoms with Crippen LogP contribution in [-0.2, 0) is 0 Å². The van der Waals surface area contributed by atoms with Crippen LogP contribution in [-0.4, -0.2) is 6.04 Å². The minimum absolute atomic E-state index is 0.366. The highest BCUT2D eigenvalue weighted by Gasteiger charge is 2.08. The van der Waals surface area contributed by atoms with Crippen LogP contribution in [0.5, 0.6) is 0 Å². The van der Waals surface area contributed by atoms with Gasteiger partial charge in [-0.15, -0.1) is 0 Å². The van der Waals surface area contributed by atoms with E-state index in [1.165, 1.54) is 18.4 Å². The van der Waals surface area contributed by atoms with Crippen molar-refractivity contribution in [3.05, 3.63) is 34.9 Å². The van der Waals surface area contributed by atoms with E-state index in [2.05, 4.69) is 32.2 Å². The van der Waals surface area contributed by atoms with Gasteiger partial charge in [0.05, 0.1) is 0 Å². The van der Waals surface area contributed by atoms with Crippen molar-refractivity contribution in [1.29, 1.82) is 0 Å². The Labute approximate surface area is 97.8 Å². The largest absolute Gasteiger partial charge is 0.308 e. The average Bonchev–Trinajstić information content (AvgIpc) is 2.18. The van der Waals surface area contributed by atoms with Crippen molar-refractivity contribution in [2.45, 2.75) is 45.7 Å². The summed E-state index contributed by atoms with van der Waals surface area (Å²) in [6.07, 6.45) is 2.43. The number of hydrogen-bond donors (Lipinski definition) is 1. The van der Waals surface area contributed by atoms with Crippen LogP contribution in [0.15, 0.2) is 24.3 Å². The van der Waals surface area contributed by atoms with Gasteiger partial charge in [0.25, 0.3) is 0 Å². The Kier molecular flexibility index (Phi) is 5.13. The Hall–Kier alpha value is -0.530. The maximum absolute atomic E-state index is 5.96. The van der Waals surface area contributed by atoms with Gasteiger partial charge in [0.1, 0.15) is 0 Å². The third kappa shape index (κ3) is 4.23. The highest BCUT2D eigenvalue weighted by atomic mass is 35.5. The summed E-state index contributed by atoms with van der Waals surface area (Å²) < 4.78 is 0. The third-order valence-electron chi connectivity index (χ3n) is 2.60. The van der Waals surface area contributed by atoms with Gasteiger partial charge < -0.3 is 5.32 Å². The van der Waals surface area contributed by atoms with Crippen LogP contribution < -0.4 is 5.32 Å². The lowest BCUT2D eigenvalue weighted by molar-refractivity contribution is 0.453. The lowest BCUT2D eigenvalue weighted by Gasteiger charge is -2.20. The number of nitrogens with one attached hydrogen (secondary N) is 1. The van der Waals surface area contributed by atoms with Crippen LogP contribution in [0.3, 0.4) is 0 Å². The van der Waals surface area contributed by atoms with Crippen molar-refractivity contribution in [2.24, 2.45) is 0 Å². The van der Waals surface area contributed by atoms with Crippen molar-refractivity contribution in [3.8, 4) is 0 Å². The fourth-order valence-corrected chi connectivity index (χ4v) is 2.01. The lowest BCUT2D eigenvalue weighted by Crippen LogP contribution is -2.28. The zero-order chi connectivity index (χ0) is 11.3. The SMILES string of the molecule is CCCC(C)N[C@H](C)c1cccc(Cl)c1. The van der Waals surface area contributed by atoms with Gasteiger partial charge in [0, 0.05) is 17.1 Å². The van der Waals surface area contributed by atoms with Crippen LogP contribution in [0.1, 0.15) is 45.2 Å². The maximum atomic E-state index is 5.96. The molecule has 1 aromatic rings. The van der Waals surface area contributed by atoms with E-state index in [0.29, 0.717) is 12.1 Å². The first kappa shape index (κ1) is 12.5. The highest BCUT2D eigenvalue weighted by Crippen LogP contribution is 2.18. The second-order valence-corrected chi connectivity index (χ2v) is 4.57. The van der Waals surface area contributed by atoms with Gasteiger partial charge >= 0.3 is 0 Å². The highest BCUT2D eigenvalue weighted by molar-refractivity contribution is 6.30. The Morgan fingerprint density at radius 1 is 1.33 bits per heavy atom. The average molecular weight is 226 g/mol. The predicted molar refractivity (Wildman–Crippen MR) is 67.4 cm³/mol. The zero-order valence-corrected chi connectivity index (χ0v) is 10.5. The Balaban J connectivity index is 2.56. The van der Waals surface area contributed by atoms with Crippen LogP contribution in [0.4, 0.5) is 0 Å². The van der Waals surface area contributed by atoms with E-state index in [9.17, 15) is 0 Å². The van der Waals surface area contributed by atoms with Crippen LogP contribution in [0.2, 0.25) is 5.02 Å². The molecule has 0 aliphatic rings. The van der Waals surface area contributed by atoms with Gasteiger partial charge in [-0.2, -0.15) is 0 Å². The molecule has 2 heteroatoms. The Bertz CT molecular complexity index is 298. The molecule has 2 atom stereocenters. The molecule has 0 saturated heterocycles. The van der Waals surface area contributed by atoms with Crippen molar-refractivity contribution in [2.75, 3.05) is 0 Å². The van der Waals surface area contributed by atoms with E-state index in [-0.39, 0.29) is 0 Å². The fraction of sp³-hybridized carbons (Fsp3) is 0.538. The summed E-state index contributed by atoms with van der Waals surface area (Å²) in [7, 11) is 0. The van der Waals surface area contributed by atoms with Crippen molar-refractivity contribution >= 4 is 11.6 Å². The quantitative estimate of drug-likeness (QED) is 0.793. The lowest BCUT2D eigenvalue weighted by atomic mass is 10.1. The van der Waals surface area contributed by atoms with Gasteiger partial charge in [0.15, 0.2) is 0 Å². The van der Waals surface area contributed by atoms with Crippen molar-refractivity contribution < 1.29 is 0 Å². The Morgan fingerprint density at radius 2 is 2.07 bits per heavy atom. The summed E-state index contributed by atoms with van der Waals surface area (Å²) in [5, 5.41) is 4.38.